The normalized spacial score (nSPS) is 10.3. The van der Waals surface area contributed by atoms with Crippen LogP contribution in [0.2, 0.25) is 0 Å². The van der Waals surface area contributed by atoms with Crippen molar-refractivity contribution in [2.45, 2.75) is 13.3 Å². The number of ether oxygens (including phenoxy) is 1. The molecule has 164 valence electrons. The van der Waals surface area contributed by atoms with E-state index in [2.05, 4.69) is 5.32 Å². The number of thiophene rings is 1. The van der Waals surface area contributed by atoms with Crippen LogP contribution in [0.25, 0.3) is 0 Å². The zero-order valence-electron chi connectivity index (χ0n) is 17.0. The fourth-order valence-electron chi connectivity index (χ4n) is 2.81. The molecule has 0 spiro atoms. The SMILES string of the molecule is Cc1cc(NC(=O)c2ccco2)sc1C(=O)OCC(=O)N(CCC#N)c1ccccc1F. The number of hydrogen-bond donors (Lipinski definition) is 1. The Morgan fingerprint density at radius 2 is 2.03 bits per heavy atom. The summed E-state index contributed by atoms with van der Waals surface area (Å²) in [5, 5.41) is 11.9. The van der Waals surface area contributed by atoms with Crippen molar-refractivity contribution in [2.75, 3.05) is 23.4 Å². The molecule has 3 rings (SSSR count). The third kappa shape index (κ3) is 5.39. The van der Waals surface area contributed by atoms with Gasteiger partial charge in [0, 0.05) is 6.54 Å². The smallest absolute Gasteiger partial charge is 0.349 e. The van der Waals surface area contributed by atoms with E-state index in [1.54, 1.807) is 25.1 Å². The van der Waals surface area contributed by atoms with Gasteiger partial charge < -0.3 is 19.4 Å². The van der Waals surface area contributed by atoms with Gasteiger partial charge in [-0.25, -0.2) is 9.18 Å². The van der Waals surface area contributed by atoms with Crippen molar-refractivity contribution in [3.63, 3.8) is 0 Å². The van der Waals surface area contributed by atoms with Gasteiger partial charge in [-0.1, -0.05) is 12.1 Å². The van der Waals surface area contributed by atoms with E-state index in [1.807, 2.05) is 6.07 Å². The second-order valence-corrected chi connectivity index (χ2v) is 7.59. The number of nitrogens with zero attached hydrogens (tertiary/aromatic N) is 2. The van der Waals surface area contributed by atoms with Gasteiger partial charge in [0.05, 0.1) is 29.4 Å². The first kappa shape index (κ1) is 22.7. The van der Waals surface area contributed by atoms with Crippen LogP contribution in [0.4, 0.5) is 15.1 Å². The highest BCUT2D eigenvalue weighted by molar-refractivity contribution is 7.18. The largest absolute Gasteiger partial charge is 0.459 e. The maximum Gasteiger partial charge on any atom is 0.349 e. The van der Waals surface area contributed by atoms with Crippen LogP contribution in [0, 0.1) is 24.1 Å². The summed E-state index contributed by atoms with van der Waals surface area (Å²) in [5.74, 6) is -2.40. The Morgan fingerprint density at radius 3 is 2.72 bits per heavy atom. The number of halogens is 1. The van der Waals surface area contributed by atoms with Crippen molar-refractivity contribution in [1.29, 1.82) is 5.26 Å². The second kappa shape index (κ2) is 10.4. The number of carbonyl (C=O) groups excluding carboxylic acids is 3. The fourth-order valence-corrected chi connectivity index (χ4v) is 3.77. The van der Waals surface area contributed by atoms with Crippen molar-refractivity contribution in [3.8, 4) is 6.07 Å². The van der Waals surface area contributed by atoms with Crippen molar-refractivity contribution in [3.05, 3.63) is 70.7 Å². The molecule has 2 amide bonds. The maximum absolute atomic E-state index is 14.1. The van der Waals surface area contributed by atoms with Crippen molar-refractivity contribution < 1.29 is 27.9 Å². The number of hydrogen-bond acceptors (Lipinski definition) is 7. The summed E-state index contributed by atoms with van der Waals surface area (Å²) in [6.07, 6.45) is 1.35. The molecule has 0 atom stereocenters. The molecule has 0 radical (unpaired) electrons. The standard InChI is InChI=1S/C22H18FN3O5S/c1-14-12-18(25-21(28)17-8-4-11-30-17)32-20(14)22(29)31-13-19(27)26(10-5-9-24)16-7-3-2-6-15(16)23/h2-4,6-8,11-12H,5,10,13H2,1H3,(H,25,28). The van der Waals surface area contributed by atoms with Crippen LogP contribution >= 0.6 is 11.3 Å². The molecule has 0 saturated carbocycles. The number of amides is 2. The summed E-state index contributed by atoms with van der Waals surface area (Å²) in [5.41, 5.74) is 0.552. The first-order valence-electron chi connectivity index (χ1n) is 9.45. The summed E-state index contributed by atoms with van der Waals surface area (Å²) in [6.45, 7) is 0.981. The van der Waals surface area contributed by atoms with Gasteiger partial charge in [0.1, 0.15) is 10.7 Å². The molecule has 32 heavy (non-hydrogen) atoms. The molecule has 8 nitrogen and oxygen atoms in total. The van der Waals surface area contributed by atoms with Crippen molar-refractivity contribution in [1.82, 2.24) is 0 Å². The highest BCUT2D eigenvalue weighted by Crippen LogP contribution is 2.28. The highest BCUT2D eigenvalue weighted by Gasteiger charge is 2.22. The summed E-state index contributed by atoms with van der Waals surface area (Å²) in [4.78, 5) is 38.5. The van der Waals surface area contributed by atoms with Crippen LogP contribution in [0.1, 0.15) is 32.2 Å². The third-order valence-electron chi connectivity index (χ3n) is 4.30. The van der Waals surface area contributed by atoms with E-state index in [9.17, 15) is 18.8 Å². The predicted molar refractivity (Wildman–Crippen MR) is 115 cm³/mol. The highest BCUT2D eigenvalue weighted by atomic mass is 32.1. The molecule has 0 aliphatic rings. The van der Waals surface area contributed by atoms with E-state index in [0.29, 0.717) is 10.6 Å². The number of esters is 1. The number of aryl methyl sites for hydroxylation is 1. The summed E-state index contributed by atoms with van der Waals surface area (Å²) in [6, 6.07) is 12.2. The van der Waals surface area contributed by atoms with E-state index < -0.39 is 30.2 Å². The van der Waals surface area contributed by atoms with Crippen LogP contribution in [0.3, 0.4) is 0 Å². The summed E-state index contributed by atoms with van der Waals surface area (Å²) < 4.78 is 24.3. The Morgan fingerprint density at radius 1 is 1.25 bits per heavy atom. The molecule has 1 N–H and O–H groups in total. The minimum atomic E-state index is -0.756. The van der Waals surface area contributed by atoms with Gasteiger partial charge >= 0.3 is 5.97 Å². The number of anilines is 2. The Bertz CT molecular complexity index is 1170. The number of rotatable bonds is 8. The molecule has 3 aromatic rings. The molecular formula is C22H18FN3O5S. The van der Waals surface area contributed by atoms with E-state index in [1.165, 1.54) is 30.5 Å². The van der Waals surface area contributed by atoms with Crippen LogP contribution in [0.15, 0.2) is 53.1 Å². The lowest BCUT2D eigenvalue weighted by atomic mass is 10.2. The topological polar surface area (TPSA) is 113 Å². The van der Waals surface area contributed by atoms with Gasteiger partial charge in [-0.15, -0.1) is 11.3 Å². The molecule has 0 unspecified atom stereocenters. The average Bonchev–Trinajstić information content (AvgIpc) is 3.43. The molecule has 2 aromatic heterocycles. The molecule has 0 aliphatic carbocycles. The number of benzene rings is 1. The number of carbonyl (C=O) groups is 3. The number of nitriles is 1. The van der Waals surface area contributed by atoms with Crippen LogP contribution in [0.5, 0.6) is 0 Å². The lowest BCUT2D eigenvalue weighted by Crippen LogP contribution is -2.36. The molecule has 0 aliphatic heterocycles. The third-order valence-corrected chi connectivity index (χ3v) is 5.44. The zero-order valence-corrected chi connectivity index (χ0v) is 17.8. The fraction of sp³-hybridized carbons (Fsp3) is 0.182. The minimum Gasteiger partial charge on any atom is -0.459 e. The number of furan rings is 1. The van der Waals surface area contributed by atoms with Crippen LogP contribution in [-0.4, -0.2) is 30.9 Å². The quantitative estimate of drug-likeness (QED) is 0.511. The molecular weight excluding hydrogens is 437 g/mol. The molecule has 0 fully saturated rings. The van der Waals surface area contributed by atoms with Crippen molar-refractivity contribution >= 4 is 39.8 Å². The maximum atomic E-state index is 14.1. The summed E-state index contributed by atoms with van der Waals surface area (Å²) in [7, 11) is 0. The first-order valence-corrected chi connectivity index (χ1v) is 10.3. The van der Waals surface area contributed by atoms with Gasteiger partial charge in [-0.2, -0.15) is 5.26 Å². The lowest BCUT2D eigenvalue weighted by Gasteiger charge is -2.22. The molecule has 1 aromatic carbocycles. The van der Waals surface area contributed by atoms with Crippen LogP contribution < -0.4 is 10.2 Å². The molecule has 0 bridgehead atoms. The van der Waals surface area contributed by atoms with Gasteiger partial charge in [-0.05, 0) is 42.8 Å². The molecule has 0 saturated heterocycles. The Kier molecular flexibility index (Phi) is 7.36. The Hall–Kier alpha value is -3.97. The second-order valence-electron chi connectivity index (χ2n) is 6.54. The molecule has 10 heteroatoms. The van der Waals surface area contributed by atoms with Gasteiger partial charge in [0.2, 0.25) is 0 Å². The van der Waals surface area contributed by atoms with Gasteiger partial charge in [0.25, 0.3) is 11.8 Å². The monoisotopic (exact) mass is 455 g/mol. The predicted octanol–water partition coefficient (Wildman–Crippen LogP) is 4.14. The zero-order chi connectivity index (χ0) is 23.1. The van der Waals surface area contributed by atoms with E-state index in [0.717, 1.165) is 16.2 Å². The minimum absolute atomic E-state index is 0.000900. The molecule has 2 heterocycles. The Balaban J connectivity index is 1.65. The van der Waals surface area contributed by atoms with Gasteiger partial charge in [0.15, 0.2) is 12.4 Å². The Labute approximate surface area is 186 Å². The van der Waals surface area contributed by atoms with Crippen molar-refractivity contribution in [2.24, 2.45) is 0 Å². The van der Waals surface area contributed by atoms with E-state index in [-0.39, 0.29) is 29.3 Å². The van der Waals surface area contributed by atoms with Gasteiger partial charge in [-0.3, -0.25) is 9.59 Å². The average molecular weight is 455 g/mol. The number of para-hydroxylation sites is 1. The van der Waals surface area contributed by atoms with E-state index >= 15 is 0 Å². The van der Waals surface area contributed by atoms with Crippen LogP contribution in [-0.2, 0) is 9.53 Å². The first-order chi connectivity index (χ1) is 15.4. The van der Waals surface area contributed by atoms with E-state index in [4.69, 9.17) is 14.4 Å². The number of nitrogens with one attached hydrogen (secondary N) is 1. The lowest BCUT2D eigenvalue weighted by molar-refractivity contribution is -0.121. The summed E-state index contributed by atoms with van der Waals surface area (Å²) >= 11 is 0.990.